The summed E-state index contributed by atoms with van der Waals surface area (Å²) in [5.41, 5.74) is 0.989. The zero-order chi connectivity index (χ0) is 21.7. The Bertz CT molecular complexity index is 1030. The Labute approximate surface area is 176 Å². The molecule has 0 aromatic heterocycles. The van der Waals surface area contributed by atoms with Crippen LogP contribution in [-0.4, -0.2) is 31.9 Å². The second kappa shape index (κ2) is 9.13. The van der Waals surface area contributed by atoms with E-state index in [-0.39, 0.29) is 17.3 Å². The minimum absolute atomic E-state index is 0.107. The summed E-state index contributed by atoms with van der Waals surface area (Å²) in [6.07, 6.45) is 4.26. The summed E-state index contributed by atoms with van der Waals surface area (Å²) in [7, 11) is -3.76. The van der Waals surface area contributed by atoms with Crippen LogP contribution in [0, 0.1) is 11.8 Å². The Morgan fingerprint density at radius 2 is 1.60 bits per heavy atom. The molecule has 30 heavy (non-hydrogen) atoms. The van der Waals surface area contributed by atoms with Gasteiger partial charge in [0, 0.05) is 12.2 Å². The van der Waals surface area contributed by atoms with Crippen LogP contribution in [0.15, 0.2) is 71.6 Å². The maximum Gasteiger partial charge on any atom is 0.307 e. The van der Waals surface area contributed by atoms with Gasteiger partial charge < -0.3 is 10.4 Å². The average Bonchev–Trinajstić information content (AvgIpc) is 2.75. The van der Waals surface area contributed by atoms with Crippen LogP contribution < -0.4 is 9.62 Å². The van der Waals surface area contributed by atoms with Gasteiger partial charge in [0.15, 0.2) is 0 Å². The smallest absolute Gasteiger partial charge is 0.307 e. The van der Waals surface area contributed by atoms with Crippen molar-refractivity contribution >= 4 is 33.3 Å². The van der Waals surface area contributed by atoms with Crippen molar-refractivity contribution in [3.8, 4) is 0 Å². The molecule has 0 aliphatic heterocycles. The summed E-state index contributed by atoms with van der Waals surface area (Å²) in [5.74, 6) is -2.81. The van der Waals surface area contributed by atoms with Gasteiger partial charge in [-0.25, -0.2) is 8.42 Å². The lowest BCUT2D eigenvalue weighted by Crippen LogP contribution is -2.34. The molecule has 7 nitrogen and oxygen atoms in total. The number of carboxylic acid groups (broad SMARTS) is 1. The van der Waals surface area contributed by atoms with Crippen LogP contribution in [0.4, 0.5) is 11.4 Å². The molecule has 0 radical (unpaired) electrons. The van der Waals surface area contributed by atoms with Crippen LogP contribution in [0.25, 0.3) is 0 Å². The molecular weight excluding hydrogens is 404 g/mol. The number of rotatable bonds is 7. The second-order valence-electron chi connectivity index (χ2n) is 7.01. The van der Waals surface area contributed by atoms with E-state index in [1.54, 1.807) is 37.3 Å². The molecule has 0 fully saturated rings. The molecule has 2 aromatic rings. The van der Waals surface area contributed by atoms with Gasteiger partial charge in [0.25, 0.3) is 10.0 Å². The van der Waals surface area contributed by atoms with E-state index in [9.17, 15) is 23.1 Å². The highest BCUT2D eigenvalue weighted by molar-refractivity contribution is 7.92. The van der Waals surface area contributed by atoms with Crippen molar-refractivity contribution in [2.24, 2.45) is 11.8 Å². The number of hydrogen-bond acceptors (Lipinski definition) is 4. The number of anilines is 2. The topological polar surface area (TPSA) is 104 Å². The van der Waals surface area contributed by atoms with E-state index in [4.69, 9.17) is 0 Å². The zero-order valence-electron chi connectivity index (χ0n) is 16.6. The fourth-order valence-electron chi connectivity index (χ4n) is 3.53. The number of nitrogens with zero attached hydrogens (tertiary/aromatic N) is 1. The fourth-order valence-corrected chi connectivity index (χ4v) is 5.01. The lowest BCUT2D eigenvalue weighted by molar-refractivity contribution is -0.146. The molecule has 2 aromatic carbocycles. The number of sulfonamides is 1. The van der Waals surface area contributed by atoms with Gasteiger partial charge in [-0.15, -0.1) is 0 Å². The maximum absolute atomic E-state index is 13.0. The highest BCUT2D eigenvalue weighted by Gasteiger charge is 2.34. The Balaban J connectivity index is 1.76. The summed E-state index contributed by atoms with van der Waals surface area (Å²) in [4.78, 5) is 24.1. The summed E-state index contributed by atoms with van der Waals surface area (Å²) < 4.78 is 27.4. The molecule has 0 heterocycles. The molecule has 158 valence electrons. The highest BCUT2D eigenvalue weighted by Crippen LogP contribution is 2.28. The van der Waals surface area contributed by atoms with Crippen LogP contribution in [-0.2, 0) is 19.6 Å². The van der Waals surface area contributed by atoms with Crippen LogP contribution in [0.3, 0.4) is 0 Å². The van der Waals surface area contributed by atoms with E-state index in [1.165, 1.54) is 28.6 Å². The number of hydrogen-bond donors (Lipinski definition) is 2. The Hall–Kier alpha value is -3.13. The van der Waals surface area contributed by atoms with Gasteiger partial charge in [-0.05, 0) is 56.2 Å². The lowest BCUT2D eigenvalue weighted by Gasteiger charge is -2.24. The second-order valence-corrected chi connectivity index (χ2v) is 8.88. The number of aliphatic carboxylic acids is 1. The number of allylic oxidation sites excluding steroid dienone is 2. The van der Waals surface area contributed by atoms with Gasteiger partial charge in [0.05, 0.1) is 22.4 Å². The molecule has 1 aliphatic rings. The molecule has 0 unspecified atom stereocenters. The minimum atomic E-state index is -3.76. The summed E-state index contributed by atoms with van der Waals surface area (Å²) in [6, 6.07) is 14.7. The fraction of sp³-hybridized carbons (Fsp3) is 0.273. The van der Waals surface area contributed by atoms with E-state index in [0.717, 1.165) is 0 Å². The number of para-hydroxylation sites is 1. The van der Waals surface area contributed by atoms with Crippen LogP contribution >= 0.6 is 0 Å². The summed E-state index contributed by atoms with van der Waals surface area (Å²) >= 11 is 0. The molecule has 0 bridgehead atoms. The average molecular weight is 429 g/mol. The molecule has 2 N–H and O–H groups in total. The zero-order valence-corrected chi connectivity index (χ0v) is 17.4. The molecule has 0 saturated heterocycles. The van der Waals surface area contributed by atoms with Gasteiger partial charge >= 0.3 is 5.97 Å². The number of carbonyl (C=O) groups is 2. The number of carboxylic acids is 1. The van der Waals surface area contributed by atoms with E-state index in [0.29, 0.717) is 24.2 Å². The standard InChI is InChI=1S/C22H24N2O5S/c1-2-24(17-8-4-3-5-9-17)30(28,29)18-14-12-16(13-15-18)23-21(25)19-10-6-7-11-20(19)22(26)27/h3-9,12-15,19-20H,2,10-11H2,1H3,(H,23,25)(H,26,27)/t19-,20-/m1/s1. The van der Waals surface area contributed by atoms with Gasteiger partial charge in [-0.1, -0.05) is 30.4 Å². The van der Waals surface area contributed by atoms with Gasteiger partial charge in [0.2, 0.25) is 5.91 Å². The molecule has 8 heteroatoms. The first-order chi connectivity index (χ1) is 14.3. The first-order valence-electron chi connectivity index (χ1n) is 9.71. The first-order valence-corrected chi connectivity index (χ1v) is 11.1. The Morgan fingerprint density at radius 3 is 2.17 bits per heavy atom. The maximum atomic E-state index is 13.0. The molecule has 0 saturated carbocycles. The third kappa shape index (κ3) is 4.54. The SMILES string of the molecule is CCN(c1ccccc1)S(=O)(=O)c1ccc(NC(=O)[C@@H]2CC=CC[C@H]2C(=O)O)cc1. The third-order valence-electron chi connectivity index (χ3n) is 5.13. The largest absolute Gasteiger partial charge is 0.481 e. The number of carbonyl (C=O) groups excluding carboxylic acids is 1. The predicted octanol–water partition coefficient (Wildman–Crippen LogP) is 3.51. The highest BCUT2D eigenvalue weighted by atomic mass is 32.2. The van der Waals surface area contributed by atoms with Crippen molar-refractivity contribution in [2.45, 2.75) is 24.7 Å². The van der Waals surface area contributed by atoms with Crippen LogP contribution in [0.5, 0.6) is 0 Å². The van der Waals surface area contributed by atoms with Crippen molar-refractivity contribution in [3.05, 3.63) is 66.7 Å². The summed E-state index contributed by atoms with van der Waals surface area (Å²) in [5, 5.41) is 12.0. The molecule has 0 spiro atoms. The van der Waals surface area contributed by atoms with Crippen LogP contribution in [0.1, 0.15) is 19.8 Å². The molecular formula is C22H24N2O5S. The van der Waals surface area contributed by atoms with Gasteiger partial charge in [0.1, 0.15) is 0 Å². The van der Waals surface area contributed by atoms with E-state index in [2.05, 4.69) is 5.32 Å². The number of benzene rings is 2. The van der Waals surface area contributed by atoms with Crippen molar-refractivity contribution < 1.29 is 23.1 Å². The van der Waals surface area contributed by atoms with E-state index < -0.39 is 27.8 Å². The Morgan fingerprint density at radius 1 is 1.00 bits per heavy atom. The van der Waals surface area contributed by atoms with Crippen molar-refractivity contribution in [3.63, 3.8) is 0 Å². The van der Waals surface area contributed by atoms with Crippen molar-refractivity contribution in [1.29, 1.82) is 0 Å². The molecule has 2 atom stereocenters. The number of amides is 1. The predicted molar refractivity (Wildman–Crippen MR) is 115 cm³/mol. The molecule has 1 amide bonds. The number of nitrogens with one attached hydrogen (secondary N) is 1. The molecule has 3 rings (SSSR count). The molecule has 1 aliphatic carbocycles. The van der Waals surface area contributed by atoms with Crippen molar-refractivity contribution in [2.75, 3.05) is 16.2 Å². The first kappa shape index (κ1) is 21.6. The van der Waals surface area contributed by atoms with Gasteiger partial charge in [-0.3, -0.25) is 13.9 Å². The quantitative estimate of drug-likeness (QED) is 0.657. The van der Waals surface area contributed by atoms with Crippen LogP contribution in [0.2, 0.25) is 0 Å². The van der Waals surface area contributed by atoms with E-state index >= 15 is 0 Å². The lowest BCUT2D eigenvalue weighted by atomic mass is 9.82. The normalized spacial score (nSPS) is 18.6. The van der Waals surface area contributed by atoms with Gasteiger partial charge in [-0.2, -0.15) is 0 Å². The Kier molecular flexibility index (Phi) is 6.56. The monoisotopic (exact) mass is 428 g/mol. The third-order valence-corrected chi connectivity index (χ3v) is 7.04. The van der Waals surface area contributed by atoms with Crippen molar-refractivity contribution in [1.82, 2.24) is 0 Å². The summed E-state index contributed by atoms with van der Waals surface area (Å²) in [6.45, 7) is 2.03. The minimum Gasteiger partial charge on any atom is -0.481 e. The van der Waals surface area contributed by atoms with E-state index in [1.807, 2.05) is 12.1 Å².